The van der Waals surface area contributed by atoms with Gasteiger partial charge in [-0.05, 0) is 59.7 Å². The SMILES string of the molecule is CC(C)C(=O)N1CCC(c2cc(-c3ccc(OC(N)=O)cc3)c3c(N)ncnc3c2)CC1. The molecule has 3 aromatic rings. The molecule has 0 spiro atoms. The summed E-state index contributed by atoms with van der Waals surface area (Å²) in [5.41, 5.74) is 15.1. The minimum absolute atomic E-state index is 0.0139. The molecule has 4 rings (SSSR count). The van der Waals surface area contributed by atoms with E-state index in [1.165, 1.54) is 11.9 Å². The number of anilines is 1. The summed E-state index contributed by atoms with van der Waals surface area (Å²) in [7, 11) is 0. The maximum atomic E-state index is 12.3. The van der Waals surface area contributed by atoms with Crippen molar-refractivity contribution in [2.75, 3.05) is 18.8 Å². The van der Waals surface area contributed by atoms with Crippen molar-refractivity contribution < 1.29 is 14.3 Å². The Bertz CT molecular complexity index is 1150. The van der Waals surface area contributed by atoms with E-state index < -0.39 is 6.09 Å². The standard InChI is InChI=1S/C24H27N5O3/c1-14(2)23(30)29-9-7-15(8-10-29)17-11-19(21-20(12-17)27-13-28-22(21)25)16-3-5-18(6-4-16)32-24(26)31/h3-6,11-15H,7-10H2,1-2H3,(H2,26,31)(H2,25,27,28). The van der Waals surface area contributed by atoms with Crippen LogP contribution < -0.4 is 16.2 Å². The van der Waals surface area contributed by atoms with E-state index in [4.69, 9.17) is 16.2 Å². The van der Waals surface area contributed by atoms with Gasteiger partial charge in [0.25, 0.3) is 0 Å². The van der Waals surface area contributed by atoms with Crippen LogP contribution in [0.2, 0.25) is 0 Å². The van der Waals surface area contributed by atoms with E-state index in [2.05, 4.69) is 22.1 Å². The van der Waals surface area contributed by atoms with E-state index in [1.54, 1.807) is 12.1 Å². The molecule has 1 aliphatic rings. The number of primary amides is 1. The molecule has 4 N–H and O–H groups in total. The number of nitrogens with zero attached hydrogens (tertiary/aromatic N) is 3. The van der Waals surface area contributed by atoms with Gasteiger partial charge in [-0.2, -0.15) is 0 Å². The highest BCUT2D eigenvalue weighted by Crippen LogP contribution is 2.37. The topological polar surface area (TPSA) is 124 Å². The van der Waals surface area contributed by atoms with Crippen LogP contribution in [0.4, 0.5) is 10.6 Å². The van der Waals surface area contributed by atoms with Gasteiger partial charge in [-0.3, -0.25) is 4.79 Å². The molecule has 0 atom stereocenters. The number of carbonyl (C=O) groups is 2. The highest BCUT2D eigenvalue weighted by Gasteiger charge is 2.26. The van der Waals surface area contributed by atoms with Crippen LogP contribution in [-0.4, -0.2) is 40.0 Å². The average Bonchev–Trinajstić information content (AvgIpc) is 2.78. The summed E-state index contributed by atoms with van der Waals surface area (Å²) in [6.07, 6.45) is 2.41. The van der Waals surface area contributed by atoms with Crippen molar-refractivity contribution in [1.29, 1.82) is 0 Å². The third-order valence-electron chi connectivity index (χ3n) is 5.95. The van der Waals surface area contributed by atoms with Crippen molar-refractivity contribution in [3.05, 3.63) is 48.3 Å². The number of fused-ring (bicyclic) bond motifs is 1. The summed E-state index contributed by atoms with van der Waals surface area (Å²) in [6.45, 7) is 5.38. The molecule has 8 heteroatoms. The van der Waals surface area contributed by atoms with Crippen LogP contribution in [0.3, 0.4) is 0 Å². The van der Waals surface area contributed by atoms with Crippen molar-refractivity contribution in [2.24, 2.45) is 11.7 Å². The van der Waals surface area contributed by atoms with Crippen molar-refractivity contribution in [1.82, 2.24) is 14.9 Å². The highest BCUT2D eigenvalue weighted by molar-refractivity contribution is 6.01. The van der Waals surface area contributed by atoms with Crippen LogP contribution in [0, 0.1) is 5.92 Å². The van der Waals surface area contributed by atoms with E-state index in [1.807, 2.05) is 30.9 Å². The lowest BCUT2D eigenvalue weighted by atomic mass is 9.86. The summed E-state index contributed by atoms with van der Waals surface area (Å²) in [5, 5.41) is 0.784. The number of nitrogens with two attached hydrogens (primary N) is 2. The predicted molar refractivity (Wildman–Crippen MR) is 123 cm³/mol. The van der Waals surface area contributed by atoms with Crippen LogP contribution >= 0.6 is 0 Å². The molecule has 32 heavy (non-hydrogen) atoms. The predicted octanol–water partition coefficient (Wildman–Crippen LogP) is 3.70. The number of rotatable bonds is 4. The molecule has 0 saturated carbocycles. The molecule has 0 bridgehead atoms. The van der Waals surface area contributed by atoms with Gasteiger partial charge in [0.2, 0.25) is 5.91 Å². The normalized spacial score (nSPS) is 14.7. The van der Waals surface area contributed by atoms with Gasteiger partial charge in [-0.1, -0.05) is 26.0 Å². The Kier molecular flexibility index (Phi) is 5.94. The summed E-state index contributed by atoms with van der Waals surface area (Å²) in [4.78, 5) is 34.0. The maximum Gasteiger partial charge on any atom is 0.409 e. The lowest BCUT2D eigenvalue weighted by molar-refractivity contribution is -0.135. The number of hydrogen-bond acceptors (Lipinski definition) is 6. The molecule has 1 aliphatic heterocycles. The van der Waals surface area contributed by atoms with E-state index in [-0.39, 0.29) is 11.8 Å². The van der Waals surface area contributed by atoms with Crippen LogP contribution in [0.25, 0.3) is 22.0 Å². The van der Waals surface area contributed by atoms with Crippen LogP contribution in [0.15, 0.2) is 42.7 Å². The molecule has 8 nitrogen and oxygen atoms in total. The van der Waals surface area contributed by atoms with E-state index in [9.17, 15) is 9.59 Å². The van der Waals surface area contributed by atoms with Gasteiger partial charge in [0.1, 0.15) is 17.9 Å². The number of nitrogen functional groups attached to an aromatic ring is 1. The molecule has 0 unspecified atom stereocenters. The lowest BCUT2D eigenvalue weighted by Gasteiger charge is -2.33. The number of piperidine rings is 1. The number of aromatic nitrogens is 2. The zero-order valence-corrected chi connectivity index (χ0v) is 18.2. The minimum Gasteiger partial charge on any atom is -0.411 e. The van der Waals surface area contributed by atoms with Gasteiger partial charge < -0.3 is 21.1 Å². The third kappa shape index (κ3) is 4.34. The Hall–Kier alpha value is -3.68. The fourth-order valence-corrected chi connectivity index (χ4v) is 4.32. The Balaban J connectivity index is 1.69. The Morgan fingerprint density at radius 2 is 1.78 bits per heavy atom. The van der Waals surface area contributed by atoms with E-state index in [0.29, 0.717) is 17.5 Å². The second-order valence-corrected chi connectivity index (χ2v) is 8.42. The number of hydrogen-bond donors (Lipinski definition) is 2. The molecule has 1 fully saturated rings. The molecule has 2 amide bonds. The number of benzene rings is 2. The first-order chi connectivity index (χ1) is 15.3. The Labute approximate surface area is 186 Å². The smallest absolute Gasteiger partial charge is 0.409 e. The van der Waals surface area contributed by atoms with Crippen molar-refractivity contribution in [2.45, 2.75) is 32.6 Å². The Morgan fingerprint density at radius 1 is 1.09 bits per heavy atom. The van der Waals surface area contributed by atoms with Gasteiger partial charge >= 0.3 is 6.09 Å². The number of likely N-dealkylation sites (tertiary alicyclic amines) is 1. The lowest BCUT2D eigenvalue weighted by Crippen LogP contribution is -2.40. The third-order valence-corrected chi connectivity index (χ3v) is 5.95. The van der Waals surface area contributed by atoms with Crippen molar-refractivity contribution in [3.8, 4) is 16.9 Å². The highest BCUT2D eigenvalue weighted by atomic mass is 16.5. The quantitative estimate of drug-likeness (QED) is 0.646. The van der Waals surface area contributed by atoms with Crippen molar-refractivity contribution in [3.63, 3.8) is 0 Å². The molecular formula is C24H27N5O3. The van der Waals surface area contributed by atoms with E-state index in [0.717, 1.165) is 48.0 Å². The van der Waals surface area contributed by atoms with Gasteiger partial charge in [0.15, 0.2) is 0 Å². The number of carbonyl (C=O) groups excluding carboxylic acids is 2. The first-order valence-corrected chi connectivity index (χ1v) is 10.7. The summed E-state index contributed by atoms with van der Waals surface area (Å²) < 4.78 is 4.94. The molecule has 2 aromatic carbocycles. The van der Waals surface area contributed by atoms with Crippen LogP contribution in [-0.2, 0) is 4.79 Å². The molecule has 1 aromatic heterocycles. The zero-order valence-electron chi connectivity index (χ0n) is 18.2. The number of amides is 2. The Morgan fingerprint density at radius 3 is 2.41 bits per heavy atom. The van der Waals surface area contributed by atoms with E-state index >= 15 is 0 Å². The largest absolute Gasteiger partial charge is 0.411 e. The second kappa shape index (κ2) is 8.82. The summed E-state index contributed by atoms with van der Waals surface area (Å²) in [5.74, 6) is 1.32. The molecule has 2 heterocycles. The average molecular weight is 434 g/mol. The molecule has 1 saturated heterocycles. The fraction of sp³-hybridized carbons (Fsp3) is 0.333. The van der Waals surface area contributed by atoms with Gasteiger partial charge in [-0.25, -0.2) is 14.8 Å². The number of ether oxygens (including phenoxy) is 1. The van der Waals surface area contributed by atoms with Crippen LogP contribution in [0.1, 0.15) is 38.2 Å². The van der Waals surface area contributed by atoms with Gasteiger partial charge in [0, 0.05) is 19.0 Å². The fourth-order valence-electron chi connectivity index (χ4n) is 4.32. The van der Waals surface area contributed by atoms with Gasteiger partial charge in [0.05, 0.1) is 10.9 Å². The molecular weight excluding hydrogens is 406 g/mol. The first kappa shape index (κ1) is 21.5. The molecule has 0 radical (unpaired) electrons. The monoisotopic (exact) mass is 433 g/mol. The van der Waals surface area contributed by atoms with Gasteiger partial charge in [-0.15, -0.1) is 0 Å². The maximum absolute atomic E-state index is 12.3. The van der Waals surface area contributed by atoms with Crippen molar-refractivity contribution >= 4 is 28.7 Å². The molecule has 166 valence electrons. The summed E-state index contributed by atoms with van der Waals surface area (Å²) in [6, 6.07) is 11.3. The summed E-state index contributed by atoms with van der Waals surface area (Å²) >= 11 is 0. The second-order valence-electron chi connectivity index (χ2n) is 8.42. The van der Waals surface area contributed by atoms with Crippen LogP contribution in [0.5, 0.6) is 5.75 Å². The first-order valence-electron chi connectivity index (χ1n) is 10.7. The minimum atomic E-state index is -0.856. The molecule has 0 aliphatic carbocycles. The zero-order chi connectivity index (χ0) is 22.8.